The molecule has 0 amide bonds. The average molecular weight is 284 g/mol. The van der Waals surface area contributed by atoms with Crippen LogP contribution in [0.1, 0.15) is 5.69 Å². The Kier molecular flexibility index (Phi) is 4.07. The topological polar surface area (TPSA) is 53.1 Å². The molecule has 0 bridgehead atoms. The summed E-state index contributed by atoms with van der Waals surface area (Å²) in [5, 5.41) is 4.66. The van der Waals surface area contributed by atoms with Crippen molar-refractivity contribution in [1.29, 1.82) is 0 Å². The maximum atomic E-state index is 13.1. The Morgan fingerprint density at radius 1 is 1.47 bits per heavy atom. The fourth-order valence-corrected chi connectivity index (χ4v) is 2.22. The van der Waals surface area contributed by atoms with Gasteiger partial charge in [0.05, 0.1) is 17.3 Å². The first-order valence-electron chi connectivity index (χ1n) is 5.80. The van der Waals surface area contributed by atoms with Crippen molar-refractivity contribution in [2.24, 2.45) is 7.05 Å². The summed E-state index contributed by atoms with van der Waals surface area (Å²) in [5.41, 5.74) is 8.23. The maximum absolute atomic E-state index is 13.1. The molecule has 4 nitrogen and oxygen atoms in total. The third-order valence-electron chi connectivity index (χ3n) is 2.91. The van der Waals surface area contributed by atoms with Gasteiger partial charge in [-0.1, -0.05) is 11.6 Å². The van der Waals surface area contributed by atoms with Crippen LogP contribution in [0.25, 0.3) is 11.1 Å². The van der Waals surface area contributed by atoms with Crippen molar-refractivity contribution in [1.82, 2.24) is 9.78 Å². The van der Waals surface area contributed by atoms with E-state index in [0.717, 1.165) is 11.3 Å². The molecule has 1 heterocycles. The summed E-state index contributed by atoms with van der Waals surface area (Å²) in [6, 6.07) is 4.23. The summed E-state index contributed by atoms with van der Waals surface area (Å²) in [6.07, 6.45) is 0.616. The Hall–Kier alpha value is -1.59. The molecular formula is C13H15ClFN3O. The van der Waals surface area contributed by atoms with Gasteiger partial charge in [0.1, 0.15) is 11.6 Å². The molecule has 1 aromatic heterocycles. The predicted molar refractivity (Wildman–Crippen MR) is 73.6 cm³/mol. The number of hydrogen-bond donors (Lipinski definition) is 1. The number of aromatic nitrogens is 2. The molecule has 0 aliphatic rings. The third-order valence-corrected chi connectivity index (χ3v) is 3.22. The molecule has 0 aliphatic carbocycles. The molecule has 0 atom stereocenters. The van der Waals surface area contributed by atoms with Gasteiger partial charge in [0.25, 0.3) is 0 Å². The van der Waals surface area contributed by atoms with E-state index in [-0.39, 0.29) is 5.82 Å². The van der Waals surface area contributed by atoms with Gasteiger partial charge in [0.15, 0.2) is 0 Å². The number of methoxy groups -OCH3 is 1. The normalized spacial score (nSPS) is 10.9. The fraction of sp³-hybridized carbons (Fsp3) is 0.308. The lowest BCUT2D eigenvalue weighted by Crippen LogP contribution is -1.98. The summed E-state index contributed by atoms with van der Waals surface area (Å²) in [7, 11) is 3.38. The van der Waals surface area contributed by atoms with Crippen molar-refractivity contribution in [3.05, 3.63) is 34.7 Å². The zero-order valence-corrected chi connectivity index (χ0v) is 11.5. The summed E-state index contributed by atoms with van der Waals surface area (Å²) < 4.78 is 19.8. The molecule has 19 heavy (non-hydrogen) atoms. The van der Waals surface area contributed by atoms with Crippen molar-refractivity contribution < 1.29 is 9.13 Å². The summed E-state index contributed by atoms with van der Waals surface area (Å²) in [6.45, 7) is 0.530. The van der Waals surface area contributed by atoms with Crippen LogP contribution in [0.15, 0.2) is 18.2 Å². The van der Waals surface area contributed by atoms with Gasteiger partial charge in [-0.3, -0.25) is 4.68 Å². The van der Waals surface area contributed by atoms with Crippen molar-refractivity contribution in [2.75, 3.05) is 19.5 Å². The Balaban J connectivity index is 2.53. The molecule has 0 spiro atoms. The number of ether oxygens (including phenoxy) is 1. The van der Waals surface area contributed by atoms with Gasteiger partial charge in [0, 0.05) is 31.7 Å². The molecule has 0 fully saturated rings. The van der Waals surface area contributed by atoms with Gasteiger partial charge in [0.2, 0.25) is 0 Å². The van der Waals surface area contributed by atoms with Gasteiger partial charge in [-0.2, -0.15) is 5.10 Å². The van der Waals surface area contributed by atoms with Crippen molar-refractivity contribution in [2.45, 2.75) is 6.42 Å². The number of rotatable bonds is 4. The molecule has 2 rings (SSSR count). The molecule has 0 saturated carbocycles. The van der Waals surface area contributed by atoms with E-state index < -0.39 is 0 Å². The van der Waals surface area contributed by atoms with Gasteiger partial charge >= 0.3 is 0 Å². The van der Waals surface area contributed by atoms with Crippen LogP contribution < -0.4 is 5.73 Å². The van der Waals surface area contributed by atoms with Crippen LogP contribution in [0.2, 0.25) is 5.02 Å². The number of aryl methyl sites for hydroxylation is 1. The number of nitrogens with two attached hydrogens (primary N) is 1. The van der Waals surface area contributed by atoms with Crippen LogP contribution in [0.3, 0.4) is 0 Å². The molecule has 2 N–H and O–H groups in total. The van der Waals surface area contributed by atoms with E-state index >= 15 is 0 Å². The van der Waals surface area contributed by atoms with E-state index in [1.165, 1.54) is 12.1 Å². The van der Waals surface area contributed by atoms with Crippen molar-refractivity contribution >= 4 is 17.4 Å². The van der Waals surface area contributed by atoms with E-state index in [1.807, 2.05) is 0 Å². The van der Waals surface area contributed by atoms with Crippen LogP contribution in [0, 0.1) is 5.82 Å². The number of halogens is 2. The molecule has 2 aromatic rings. The van der Waals surface area contributed by atoms with Gasteiger partial charge in [-0.25, -0.2) is 4.39 Å². The van der Waals surface area contributed by atoms with Gasteiger partial charge in [-0.15, -0.1) is 0 Å². The lowest BCUT2D eigenvalue weighted by molar-refractivity contribution is 0.201. The second-order valence-corrected chi connectivity index (χ2v) is 4.60. The Morgan fingerprint density at radius 2 is 2.21 bits per heavy atom. The van der Waals surface area contributed by atoms with Crippen LogP contribution in [0.4, 0.5) is 10.2 Å². The SMILES string of the molecule is COCCc1nn(C)c(N)c1-c1ccc(F)cc1Cl. The van der Waals surface area contributed by atoms with Crippen molar-refractivity contribution in [3.63, 3.8) is 0 Å². The minimum atomic E-state index is -0.380. The molecule has 0 unspecified atom stereocenters. The number of anilines is 1. The lowest BCUT2D eigenvalue weighted by atomic mass is 10.0. The summed E-state index contributed by atoms with van der Waals surface area (Å²) in [4.78, 5) is 0. The highest BCUT2D eigenvalue weighted by Gasteiger charge is 2.18. The Bertz CT molecular complexity index is 598. The standard InChI is InChI=1S/C13H15ClFN3O/c1-18-13(16)12(11(17-18)5-6-19-2)9-4-3-8(15)7-10(9)14/h3-4,7H,5-6,16H2,1-2H3. The highest BCUT2D eigenvalue weighted by atomic mass is 35.5. The number of nitrogen functional groups attached to an aromatic ring is 1. The quantitative estimate of drug-likeness (QED) is 0.938. The minimum Gasteiger partial charge on any atom is -0.384 e. The number of benzene rings is 1. The smallest absolute Gasteiger partial charge is 0.129 e. The predicted octanol–water partition coefficient (Wildman–Crippen LogP) is 2.65. The summed E-state index contributed by atoms with van der Waals surface area (Å²) in [5.74, 6) is 0.120. The average Bonchev–Trinajstić information content (AvgIpc) is 2.64. The molecule has 102 valence electrons. The molecule has 0 saturated heterocycles. The molecule has 6 heteroatoms. The number of nitrogens with zero attached hydrogens (tertiary/aromatic N) is 2. The third kappa shape index (κ3) is 2.72. The Labute approximate surface area is 115 Å². The van der Waals surface area contributed by atoms with E-state index in [0.29, 0.717) is 29.4 Å². The highest BCUT2D eigenvalue weighted by molar-refractivity contribution is 6.33. The summed E-state index contributed by atoms with van der Waals surface area (Å²) >= 11 is 6.09. The van der Waals surface area contributed by atoms with Gasteiger partial charge in [-0.05, 0) is 18.2 Å². The number of hydrogen-bond acceptors (Lipinski definition) is 3. The molecule has 0 radical (unpaired) electrons. The first-order valence-corrected chi connectivity index (χ1v) is 6.18. The van der Waals surface area contributed by atoms with E-state index in [9.17, 15) is 4.39 Å². The molecule has 0 aliphatic heterocycles. The fourth-order valence-electron chi connectivity index (χ4n) is 1.95. The minimum absolute atomic E-state index is 0.318. The maximum Gasteiger partial charge on any atom is 0.129 e. The second kappa shape index (κ2) is 5.59. The van der Waals surface area contributed by atoms with Gasteiger partial charge < -0.3 is 10.5 Å². The highest BCUT2D eigenvalue weighted by Crippen LogP contribution is 2.35. The first-order chi connectivity index (χ1) is 9.04. The first kappa shape index (κ1) is 13.8. The van der Waals surface area contributed by atoms with Crippen LogP contribution in [0.5, 0.6) is 0 Å². The monoisotopic (exact) mass is 283 g/mol. The zero-order valence-electron chi connectivity index (χ0n) is 10.8. The van der Waals surface area contributed by atoms with E-state index in [4.69, 9.17) is 22.1 Å². The zero-order chi connectivity index (χ0) is 14.0. The van der Waals surface area contributed by atoms with Crippen LogP contribution in [-0.2, 0) is 18.2 Å². The largest absolute Gasteiger partial charge is 0.384 e. The van der Waals surface area contributed by atoms with Crippen LogP contribution in [-0.4, -0.2) is 23.5 Å². The Morgan fingerprint density at radius 3 is 2.84 bits per heavy atom. The lowest BCUT2D eigenvalue weighted by Gasteiger charge is -2.06. The van der Waals surface area contributed by atoms with Crippen LogP contribution >= 0.6 is 11.6 Å². The van der Waals surface area contributed by atoms with E-state index in [1.54, 1.807) is 24.9 Å². The van der Waals surface area contributed by atoms with Crippen molar-refractivity contribution in [3.8, 4) is 11.1 Å². The molecule has 1 aromatic carbocycles. The second-order valence-electron chi connectivity index (χ2n) is 4.20. The molecular weight excluding hydrogens is 269 g/mol. The van der Waals surface area contributed by atoms with E-state index in [2.05, 4.69) is 5.10 Å².